The third-order valence-corrected chi connectivity index (χ3v) is 5.04. The number of hydrogen-bond acceptors (Lipinski definition) is 5. The largest absolute Gasteiger partial charge is 0.353 e. The highest BCUT2D eigenvalue weighted by Gasteiger charge is 2.26. The van der Waals surface area contributed by atoms with Crippen molar-refractivity contribution in [3.05, 3.63) is 40.3 Å². The SMILES string of the molecule is Cc1cc(C)n(-c2ccc(Cl)c(C(=O)N3CCN(CC(=O)NC(C)C)CC3)n2)n1. The van der Waals surface area contributed by atoms with E-state index in [1.165, 1.54) is 0 Å². The predicted octanol–water partition coefficient (Wildman–Crippen LogP) is 1.82. The smallest absolute Gasteiger partial charge is 0.274 e. The molecule has 3 heterocycles. The number of aromatic nitrogens is 3. The van der Waals surface area contributed by atoms with Crippen molar-refractivity contribution < 1.29 is 9.59 Å². The lowest BCUT2D eigenvalue weighted by Gasteiger charge is -2.34. The van der Waals surface area contributed by atoms with Gasteiger partial charge < -0.3 is 10.2 Å². The first-order valence-corrected chi connectivity index (χ1v) is 10.1. The summed E-state index contributed by atoms with van der Waals surface area (Å²) in [4.78, 5) is 33.2. The molecule has 0 saturated carbocycles. The molecule has 0 aromatic carbocycles. The van der Waals surface area contributed by atoms with Crippen molar-refractivity contribution >= 4 is 23.4 Å². The Labute approximate surface area is 175 Å². The molecule has 29 heavy (non-hydrogen) atoms. The van der Waals surface area contributed by atoms with Gasteiger partial charge in [0.2, 0.25) is 5.91 Å². The Morgan fingerprint density at radius 2 is 1.86 bits per heavy atom. The summed E-state index contributed by atoms with van der Waals surface area (Å²) >= 11 is 6.29. The van der Waals surface area contributed by atoms with Crippen LogP contribution in [0.4, 0.5) is 0 Å². The van der Waals surface area contributed by atoms with Crippen molar-refractivity contribution in [2.24, 2.45) is 0 Å². The molecule has 0 unspecified atom stereocenters. The first-order chi connectivity index (χ1) is 13.7. The normalized spacial score (nSPS) is 15.0. The molecule has 0 spiro atoms. The fourth-order valence-corrected chi connectivity index (χ4v) is 3.58. The van der Waals surface area contributed by atoms with E-state index in [4.69, 9.17) is 11.6 Å². The van der Waals surface area contributed by atoms with Crippen molar-refractivity contribution in [1.29, 1.82) is 0 Å². The van der Waals surface area contributed by atoms with Crippen LogP contribution in [0.2, 0.25) is 5.02 Å². The molecule has 0 aliphatic carbocycles. The zero-order chi connectivity index (χ0) is 21.1. The summed E-state index contributed by atoms with van der Waals surface area (Å²) in [5, 5.41) is 7.63. The highest BCUT2D eigenvalue weighted by Crippen LogP contribution is 2.20. The summed E-state index contributed by atoms with van der Waals surface area (Å²) < 4.78 is 1.70. The predicted molar refractivity (Wildman–Crippen MR) is 111 cm³/mol. The van der Waals surface area contributed by atoms with E-state index in [9.17, 15) is 9.59 Å². The summed E-state index contributed by atoms with van der Waals surface area (Å²) in [7, 11) is 0. The highest BCUT2D eigenvalue weighted by atomic mass is 35.5. The summed E-state index contributed by atoms with van der Waals surface area (Å²) in [6.45, 7) is 10.4. The molecule has 1 saturated heterocycles. The molecule has 0 radical (unpaired) electrons. The number of piperazine rings is 1. The van der Waals surface area contributed by atoms with Crippen LogP contribution in [-0.2, 0) is 4.79 Å². The van der Waals surface area contributed by atoms with E-state index >= 15 is 0 Å². The van der Waals surface area contributed by atoms with Gasteiger partial charge in [0.05, 0.1) is 17.3 Å². The van der Waals surface area contributed by atoms with Crippen LogP contribution in [-0.4, -0.2) is 75.1 Å². The number of pyridine rings is 1. The van der Waals surface area contributed by atoms with Crippen LogP contribution >= 0.6 is 11.6 Å². The number of nitrogens with one attached hydrogen (secondary N) is 1. The van der Waals surface area contributed by atoms with E-state index in [0.717, 1.165) is 11.4 Å². The fourth-order valence-electron chi connectivity index (χ4n) is 3.39. The van der Waals surface area contributed by atoms with Gasteiger partial charge in [-0.1, -0.05) is 11.6 Å². The molecule has 0 atom stereocenters. The minimum Gasteiger partial charge on any atom is -0.353 e. The van der Waals surface area contributed by atoms with Crippen LogP contribution in [0.5, 0.6) is 0 Å². The Kier molecular flexibility index (Phi) is 6.54. The second-order valence-corrected chi connectivity index (χ2v) is 8.04. The lowest BCUT2D eigenvalue weighted by atomic mass is 10.2. The maximum absolute atomic E-state index is 13.0. The Balaban J connectivity index is 1.68. The van der Waals surface area contributed by atoms with Crippen LogP contribution in [0.3, 0.4) is 0 Å². The molecule has 3 rings (SSSR count). The number of rotatable bonds is 5. The minimum absolute atomic E-state index is 0.00192. The lowest BCUT2D eigenvalue weighted by molar-refractivity contribution is -0.123. The van der Waals surface area contributed by atoms with Crippen molar-refractivity contribution in [3.8, 4) is 5.82 Å². The second-order valence-electron chi connectivity index (χ2n) is 7.63. The van der Waals surface area contributed by atoms with Crippen molar-refractivity contribution in [1.82, 2.24) is 29.9 Å². The van der Waals surface area contributed by atoms with Gasteiger partial charge in [0.25, 0.3) is 5.91 Å². The summed E-state index contributed by atoms with van der Waals surface area (Å²) in [5.41, 5.74) is 2.04. The maximum Gasteiger partial charge on any atom is 0.274 e. The van der Waals surface area contributed by atoms with Gasteiger partial charge in [0, 0.05) is 37.9 Å². The van der Waals surface area contributed by atoms with Crippen LogP contribution in [0.1, 0.15) is 35.7 Å². The molecule has 8 nitrogen and oxygen atoms in total. The third kappa shape index (κ3) is 5.13. The number of halogens is 1. The van der Waals surface area contributed by atoms with Gasteiger partial charge >= 0.3 is 0 Å². The Bertz CT molecular complexity index is 902. The standard InChI is InChI=1S/C20H27ClN6O2/c1-13(2)22-18(28)12-25-7-9-26(10-8-25)20(29)19-16(21)5-6-17(23-19)27-15(4)11-14(3)24-27/h5-6,11,13H,7-10,12H2,1-4H3,(H,22,28). The fraction of sp³-hybridized carbons (Fsp3) is 0.500. The van der Waals surface area contributed by atoms with Gasteiger partial charge in [-0.15, -0.1) is 0 Å². The van der Waals surface area contributed by atoms with Crippen molar-refractivity contribution in [3.63, 3.8) is 0 Å². The summed E-state index contributed by atoms with van der Waals surface area (Å²) in [6.07, 6.45) is 0. The molecule has 1 N–H and O–H groups in total. The number of carbonyl (C=O) groups excluding carboxylic acids is 2. The van der Waals surface area contributed by atoms with Crippen LogP contribution in [0.25, 0.3) is 5.82 Å². The molecule has 156 valence electrons. The molecule has 2 amide bonds. The zero-order valence-corrected chi connectivity index (χ0v) is 18.0. The van der Waals surface area contributed by atoms with Gasteiger partial charge in [0.15, 0.2) is 5.82 Å². The third-order valence-electron chi connectivity index (χ3n) is 4.74. The molecule has 0 bridgehead atoms. The quantitative estimate of drug-likeness (QED) is 0.800. The van der Waals surface area contributed by atoms with E-state index in [0.29, 0.717) is 43.6 Å². The van der Waals surface area contributed by atoms with Crippen LogP contribution in [0.15, 0.2) is 18.2 Å². The van der Waals surface area contributed by atoms with Gasteiger partial charge in [-0.25, -0.2) is 9.67 Å². The molecule has 1 aliphatic rings. The van der Waals surface area contributed by atoms with E-state index in [1.54, 1.807) is 21.7 Å². The topological polar surface area (TPSA) is 83.4 Å². The van der Waals surface area contributed by atoms with Gasteiger partial charge in [0.1, 0.15) is 5.69 Å². The Hall–Kier alpha value is -2.45. The van der Waals surface area contributed by atoms with E-state index in [2.05, 4.69) is 15.4 Å². The number of aryl methyl sites for hydroxylation is 2. The molecule has 1 fully saturated rings. The Morgan fingerprint density at radius 3 is 2.45 bits per heavy atom. The highest BCUT2D eigenvalue weighted by molar-refractivity contribution is 6.33. The van der Waals surface area contributed by atoms with Gasteiger partial charge in [-0.05, 0) is 45.9 Å². The molecule has 2 aromatic rings. The van der Waals surface area contributed by atoms with E-state index in [-0.39, 0.29) is 23.6 Å². The lowest BCUT2D eigenvalue weighted by Crippen LogP contribution is -2.51. The molecule has 1 aliphatic heterocycles. The molecular weight excluding hydrogens is 392 g/mol. The number of nitrogens with zero attached hydrogens (tertiary/aromatic N) is 5. The van der Waals surface area contributed by atoms with E-state index in [1.807, 2.05) is 38.7 Å². The summed E-state index contributed by atoms with van der Waals surface area (Å²) in [6, 6.07) is 5.50. The van der Waals surface area contributed by atoms with Crippen LogP contribution < -0.4 is 5.32 Å². The number of carbonyl (C=O) groups is 2. The van der Waals surface area contributed by atoms with Gasteiger partial charge in [-0.3, -0.25) is 14.5 Å². The number of hydrogen-bond donors (Lipinski definition) is 1. The van der Waals surface area contributed by atoms with Crippen LogP contribution in [0, 0.1) is 13.8 Å². The minimum atomic E-state index is -0.204. The van der Waals surface area contributed by atoms with E-state index < -0.39 is 0 Å². The molecule has 2 aromatic heterocycles. The van der Waals surface area contributed by atoms with Crippen molar-refractivity contribution in [2.75, 3.05) is 32.7 Å². The molecule has 9 heteroatoms. The monoisotopic (exact) mass is 418 g/mol. The first kappa shape index (κ1) is 21.3. The second kappa shape index (κ2) is 8.92. The Morgan fingerprint density at radius 1 is 1.17 bits per heavy atom. The maximum atomic E-state index is 13.0. The molecular formula is C20H27ClN6O2. The van der Waals surface area contributed by atoms with Crippen molar-refractivity contribution in [2.45, 2.75) is 33.7 Å². The average molecular weight is 419 g/mol. The average Bonchev–Trinajstić information content (AvgIpc) is 2.99. The summed E-state index contributed by atoms with van der Waals surface area (Å²) in [5.74, 6) is 0.360. The number of amides is 2. The zero-order valence-electron chi connectivity index (χ0n) is 17.3. The van der Waals surface area contributed by atoms with Gasteiger partial charge in [-0.2, -0.15) is 5.10 Å². The first-order valence-electron chi connectivity index (χ1n) is 9.75.